The number of thiocarbonyl (C=S) groups is 1. The van der Waals surface area contributed by atoms with E-state index in [-0.39, 0.29) is 16.4 Å². The van der Waals surface area contributed by atoms with Gasteiger partial charge in [0.25, 0.3) is 11.6 Å². The van der Waals surface area contributed by atoms with E-state index in [4.69, 9.17) is 47.0 Å². The summed E-state index contributed by atoms with van der Waals surface area (Å²) in [6, 6.07) is 12.6. The predicted molar refractivity (Wildman–Crippen MR) is 115 cm³/mol. The summed E-state index contributed by atoms with van der Waals surface area (Å²) < 4.78 is -1.95. The number of rotatable bonds is 5. The fourth-order valence-electron chi connectivity index (χ4n) is 2.18. The number of nitrogens with zero attached hydrogens (tertiary/aromatic N) is 1. The molecule has 3 N–H and O–H groups in total. The van der Waals surface area contributed by atoms with Gasteiger partial charge in [0, 0.05) is 23.4 Å². The molecule has 0 aliphatic carbocycles. The first kappa shape index (κ1) is 22.2. The summed E-state index contributed by atoms with van der Waals surface area (Å²) in [6.45, 7) is 1.89. The molecule has 0 radical (unpaired) electrons. The second kappa shape index (κ2) is 9.38. The molecule has 0 saturated heterocycles. The molecule has 2 rings (SSSR count). The Labute approximate surface area is 181 Å². The van der Waals surface area contributed by atoms with Crippen LogP contribution in [0.5, 0.6) is 0 Å². The van der Waals surface area contributed by atoms with E-state index in [0.29, 0.717) is 0 Å². The minimum Gasteiger partial charge on any atom is -0.339 e. The number of hydrogen-bond acceptors (Lipinski definition) is 4. The molecule has 2 aromatic carbocycles. The smallest absolute Gasteiger partial charge is 0.270 e. The van der Waals surface area contributed by atoms with Crippen LogP contribution in [0.1, 0.15) is 15.9 Å². The molecule has 0 unspecified atom stereocenters. The molecule has 148 valence electrons. The molecule has 0 aromatic heterocycles. The fraction of sp³-hybridized carbons (Fsp3) is 0.176. The van der Waals surface area contributed by atoms with Gasteiger partial charge in [0.05, 0.1) is 4.92 Å². The Morgan fingerprint density at radius 3 is 2.43 bits per heavy atom. The number of nitro benzene ring substituents is 1. The number of carbonyl (C=O) groups is 1. The van der Waals surface area contributed by atoms with E-state index in [9.17, 15) is 14.9 Å². The molecule has 0 bridgehead atoms. The molecule has 0 heterocycles. The van der Waals surface area contributed by atoms with E-state index < -0.39 is 20.8 Å². The number of halogens is 3. The van der Waals surface area contributed by atoms with E-state index in [2.05, 4.69) is 16.0 Å². The van der Waals surface area contributed by atoms with Gasteiger partial charge in [0.15, 0.2) is 5.11 Å². The summed E-state index contributed by atoms with van der Waals surface area (Å²) in [4.78, 5) is 22.7. The molecule has 0 aliphatic heterocycles. The topological polar surface area (TPSA) is 96.3 Å². The number of anilines is 1. The Morgan fingerprint density at radius 2 is 1.82 bits per heavy atom. The molecular formula is C17H15Cl3N4O3S. The van der Waals surface area contributed by atoms with Crippen molar-refractivity contribution in [2.75, 3.05) is 5.32 Å². The SMILES string of the molecule is Cc1ccccc1NC(=S)N[C@@H](NC(=O)c1cccc([N+](=O)[O-])c1)C(Cl)(Cl)Cl. The molecule has 0 spiro atoms. The predicted octanol–water partition coefficient (Wildman–Crippen LogP) is 4.32. The van der Waals surface area contributed by atoms with Gasteiger partial charge in [-0.15, -0.1) is 0 Å². The largest absolute Gasteiger partial charge is 0.339 e. The number of alkyl halides is 3. The number of nitrogens with one attached hydrogen (secondary N) is 3. The minimum atomic E-state index is -1.95. The maximum Gasteiger partial charge on any atom is 0.270 e. The van der Waals surface area contributed by atoms with Gasteiger partial charge in [-0.25, -0.2) is 0 Å². The van der Waals surface area contributed by atoms with E-state index >= 15 is 0 Å². The number of non-ortho nitro benzene ring substituents is 1. The molecule has 0 fully saturated rings. The summed E-state index contributed by atoms with van der Waals surface area (Å²) in [5, 5.41) is 19.1. The second-order valence-corrected chi connectivity index (χ2v) is 8.45. The lowest BCUT2D eigenvalue weighted by Gasteiger charge is -2.28. The highest BCUT2D eigenvalue weighted by Gasteiger charge is 2.35. The molecule has 1 amide bonds. The summed E-state index contributed by atoms with van der Waals surface area (Å²) in [7, 11) is 0. The summed E-state index contributed by atoms with van der Waals surface area (Å²) in [5.74, 6) is -0.675. The van der Waals surface area contributed by atoms with Crippen molar-refractivity contribution >= 4 is 69.4 Å². The lowest BCUT2D eigenvalue weighted by atomic mass is 10.2. The third-order valence-corrected chi connectivity index (χ3v) is 4.47. The second-order valence-electron chi connectivity index (χ2n) is 5.67. The molecule has 11 heteroatoms. The highest BCUT2D eigenvalue weighted by atomic mass is 35.6. The number of carbonyl (C=O) groups excluding carboxylic acids is 1. The van der Waals surface area contributed by atoms with E-state index in [0.717, 1.165) is 17.3 Å². The maximum absolute atomic E-state index is 12.5. The van der Waals surface area contributed by atoms with Crippen molar-refractivity contribution < 1.29 is 9.72 Å². The number of benzene rings is 2. The van der Waals surface area contributed by atoms with Crippen LogP contribution in [0.25, 0.3) is 0 Å². The summed E-state index contributed by atoms with van der Waals surface area (Å²) in [5.41, 5.74) is 1.49. The third-order valence-electron chi connectivity index (χ3n) is 3.59. The molecule has 28 heavy (non-hydrogen) atoms. The van der Waals surface area contributed by atoms with Gasteiger partial charge in [-0.2, -0.15) is 0 Å². The van der Waals surface area contributed by atoms with Gasteiger partial charge in [0.2, 0.25) is 3.79 Å². The van der Waals surface area contributed by atoms with Gasteiger partial charge in [-0.05, 0) is 36.8 Å². The van der Waals surface area contributed by atoms with Crippen LogP contribution in [0.3, 0.4) is 0 Å². The van der Waals surface area contributed by atoms with Gasteiger partial charge in [-0.1, -0.05) is 59.1 Å². The van der Waals surface area contributed by atoms with Crippen LogP contribution in [-0.2, 0) is 0 Å². The number of aryl methyl sites for hydroxylation is 1. The number of para-hydroxylation sites is 1. The van der Waals surface area contributed by atoms with Crippen LogP contribution in [0.2, 0.25) is 0 Å². The minimum absolute atomic E-state index is 0.0352. The number of amides is 1. The Morgan fingerprint density at radius 1 is 1.14 bits per heavy atom. The standard InChI is InChI=1S/C17H15Cl3N4O3S/c1-10-5-2-3-8-13(10)21-16(28)23-15(17(18,19)20)22-14(25)11-6-4-7-12(9-11)24(26)27/h2-9,15H,1H3,(H,22,25)(H2,21,23,28)/t15-/m1/s1. The average Bonchev–Trinajstić information content (AvgIpc) is 2.62. The zero-order valence-electron chi connectivity index (χ0n) is 14.4. The lowest BCUT2D eigenvalue weighted by Crippen LogP contribution is -2.56. The van der Waals surface area contributed by atoms with Gasteiger partial charge in [-0.3, -0.25) is 14.9 Å². The van der Waals surface area contributed by atoms with Gasteiger partial charge < -0.3 is 16.0 Å². The first-order valence-electron chi connectivity index (χ1n) is 7.83. The van der Waals surface area contributed by atoms with Crippen molar-refractivity contribution in [1.29, 1.82) is 0 Å². The molecule has 0 aliphatic rings. The Bertz CT molecular complexity index is 905. The highest BCUT2D eigenvalue weighted by Crippen LogP contribution is 2.29. The molecule has 7 nitrogen and oxygen atoms in total. The summed E-state index contributed by atoms with van der Waals surface area (Å²) >= 11 is 23.1. The number of nitro groups is 1. The van der Waals surface area contributed by atoms with Crippen LogP contribution in [-0.4, -0.2) is 25.9 Å². The Kier molecular flexibility index (Phi) is 7.42. The normalized spacial score (nSPS) is 12.0. The maximum atomic E-state index is 12.5. The van der Waals surface area contributed by atoms with Crippen LogP contribution in [0, 0.1) is 17.0 Å². The van der Waals surface area contributed by atoms with E-state index in [1.807, 2.05) is 31.2 Å². The number of hydrogen-bond donors (Lipinski definition) is 3. The zero-order chi connectivity index (χ0) is 20.9. The van der Waals surface area contributed by atoms with Crippen LogP contribution < -0.4 is 16.0 Å². The zero-order valence-corrected chi connectivity index (χ0v) is 17.5. The molecule has 1 atom stereocenters. The molecular weight excluding hydrogens is 447 g/mol. The molecule has 2 aromatic rings. The van der Waals surface area contributed by atoms with Crippen molar-refractivity contribution in [2.24, 2.45) is 0 Å². The third kappa shape index (κ3) is 6.20. The van der Waals surface area contributed by atoms with E-state index in [1.165, 1.54) is 18.2 Å². The lowest BCUT2D eigenvalue weighted by molar-refractivity contribution is -0.384. The Hall–Kier alpha value is -2.13. The van der Waals surface area contributed by atoms with Gasteiger partial charge >= 0.3 is 0 Å². The quantitative estimate of drug-likeness (QED) is 0.202. The monoisotopic (exact) mass is 460 g/mol. The average molecular weight is 462 g/mol. The molecule has 0 saturated carbocycles. The first-order valence-corrected chi connectivity index (χ1v) is 9.37. The first-order chi connectivity index (χ1) is 13.1. The van der Waals surface area contributed by atoms with Crippen LogP contribution in [0.15, 0.2) is 48.5 Å². The van der Waals surface area contributed by atoms with Crippen LogP contribution >= 0.6 is 47.0 Å². The van der Waals surface area contributed by atoms with E-state index in [1.54, 1.807) is 0 Å². The van der Waals surface area contributed by atoms with Crippen molar-refractivity contribution in [3.05, 3.63) is 69.8 Å². The van der Waals surface area contributed by atoms with Crippen molar-refractivity contribution in [2.45, 2.75) is 16.9 Å². The highest BCUT2D eigenvalue weighted by molar-refractivity contribution is 7.80. The summed E-state index contributed by atoms with van der Waals surface area (Å²) in [6.07, 6.45) is -1.20. The van der Waals surface area contributed by atoms with Crippen molar-refractivity contribution in [3.63, 3.8) is 0 Å². The van der Waals surface area contributed by atoms with Crippen LogP contribution in [0.4, 0.5) is 11.4 Å². The Balaban J connectivity index is 2.12. The van der Waals surface area contributed by atoms with Gasteiger partial charge in [0.1, 0.15) is 6.17 Å². The van der Waals surface area contributed by atoms with Crippen molar-refractivity contribution in [1.82, 2.24) is 10.6 Å². The van der Waals surface area contributed by atoms with Crippen molar-refractivity contribution in [3.8, 4) is 0 Å². The fourth-order valence-corrected chi connectivity index (χ4v) is 2.73.